The van der Waals surface area contributed by atoms with Gasteiger partial charge in [0.25, 0.3) is 10.0 Å². The van der Waals surface area contributed by atoms with Crippen molar-refractivity contribution in [2.24, 2.45) is 4.99 Å². The summed E-state index contributed by atoms with van der Waals surface area (Å²) in [5, 5.41) is 2.94. The molecule has 2 aliphatic rings. The Labute approximate surface area is 185 Å². The lowest BCUT2D eigenvalue weighted by molar-refractivity contribution is -0.118. The summed E-state index contributed by atoms with van der Waals surface area (Å²) < 4.78 is 28.9. The Kier molecular flexibility index (Phi) is 5.97. The number of aliphatic imine (C=N–C) groups is 1. The zero-order chi connectivity index (χ0) is 21.2. The number of halogens is 1. The summed E-state index contributed by atoms with van der Waals surface area (Å²) in [5.41, 5.74) is 1.08. The molecule has 0 bridgehead atoms. The lowest BCUT2D eigenvalue weighted by Gasteiger charge is -2.16. The highest BCUT2D eigenvalue weighted by Gasteiger charge is 2.51. The summed E-state index contributed by atoms with van der Waals surface area (Å²) in [6.45, 7) is 0.656. The van der Waals surface area contributed by atoms with Crippen LogP contribution in [0.5, 0.6) is 0 Å². The predicted molar refractivity (Wildman–Crippen MR) is 121 cm³/mol. The quantitative estimate of drug-likeness (QED) is 0.653. The van der Waals surface area contributed by atoms with Crippen molar-refractivity contribution in [1.82, 2.24) is 4.72 Å². The van der Waals surface area contributed by atoms with E-state index in [1.807, 2.05) is 24.3 Å². The standard InChI is InChI=1S/C22H24BrN3O3S/c23-17-7-5-16(6-8-17)22(13-14-22)21(27)25-18-9-11-19(12-10-18)30(28,29)26-20-4-2-1-3-15-24-20/h5-12H,1-4,13-15H2,(H,24,26)(H,25,27). The zero-order valence-electron chi connectivity index (χ0n) is 16.5. The van der Waals surface area contributed by atoms with E-state index in [0.29, 0.717) is 24.5 Å². The second-order valence-corrected chi connectivity index (χ2v) is 10.4. The van der Waals surface area contributed by atoms with Gasteiger partial charge in [-0.05, 0) is 67.6 Å². The summed E-state index contributed by atoms with van der Waals surface area (Å²) in [7, 11) is -3.68. The molecule has 2 aromatic carbocycles. The number of hydrogen-bond donors (Lipinski definition) is 2. The fourth-order valence-corrected chi connectivity index (χ4v) is 5.03. The monoisotopic (exact) mass is 489 g/mol. The second-order valence-electron chi connectivity index (χ2n) is 7.81. The zero-order valence-corrected chi connectivity index (χ0v) is 18.9. The van der Waals surface area contributed by atoms with Gasteiger partial charge in [-0.1, -0.05) is 34.5 Å². The maximum Gasteiger partial charge on any atom is 0.262 e. The molecule has 2 N–H and O–H groups in total. The number of carbonyl (C=O) groups is 1. The van der Waals surface area contributed by atoms with Crippen LogP contribution in [0.4, 0.5) is 5.69 Å². The summed E-state index contributed by atoms with van der Waals surface area (Å²) in [6.07, 6.45) is 5.24. The minimum Gasteiger partial charge on any atom is -0.325 e. The van der Waals surface area contributed by atoms with Crippen molar-refractivity contribution in [2.45, 2.75) is 48.8 Å². The van der Waals surface area contributed by atoms with E-state index in [2.05, 4.69) is 31.0 Å². The van der Waals surface area contributed by atoms with Crippen LogP contribution in [0, 0.1) is 0 Å². The fraction of sp³-hybridized carbons (Fsp3) is 0.364. The van der Waals surface area contributed by atoms with Gasteiger partial charge in [-0.3, -0.25) is 14.5 Å². The Hall–Kier alpha value is -2.19. The Morgan fingerprint density at radius 1 is 0.967 bits per heavy atom. The van der Waals surface area contributed by atoms with Crippen molar-refractivity contribution in [1.29, 1.82) is 0 Å². The third kappa shape index (κ3) is 4.59. The van der Waals surface area contributed by atoms with Crippen LogP contribution in [-0.2, 0) is 20.2 Å². The lowest BCUT2D eigenvalue weighted by atomic mass is 9.95. The summed E-state index contributed by atoms with van der Waals surface area (Å²) >= 11 is 3.42. The first-order valence-corrected chi connectivity index (χ1v) is 12.4. The average Bonchev–Trinajstić information content (AvgIpc) is 3.55. The number of nitrogens with zero attached hydrogens (tertiary/aromatic N) is 1. The van der Waals surface area contributed by atoms with Gasteiger partial charge in [-0.25, -0.2) is 8.42 Å². The Morgan fingerprint density at radius 3 is 2.33 bits per heavy atom. The van der Waals surface area contributed by atoms with Gasteiger partial charge < -0.3 is 5.32 Å². The fourth-order valence-electron chi connectivity index (χ4n) is 3.68. The number of anilines is 1. The number of nitrogens with one attached hydrogen (secondary N) is 2. The normalized spacial score (nSPS) is 18.1. The van der Waals surface area contributed by atoms with Gasteiger partial charge in [0.15, 0.2) is 0 Å². The van der Waals surface area contributed by atoms with Crippen LogP contribution in [0.1, 0.15) is 44.1 Å². The van der Waals surface area contributed by atoms with Crippen molar-refractivity contribution in [3.8, 4) is 0 Å². The number of benzene rings is 2. The third-order valence-corrected chi connectivity index (χ3v) is 7.56. The molecule has 30 heavy (non-hydrogen) atoms. The first kappa shape index (κ1) is 21.1. The predicted octanol–water partition coefficient (Wildman–Crippen LogP) is 4.37. The molecule has 0 saturated heterocycles. The first-order chi connectivity index (χ1) is 14.4. The van der Waals surface area contributed by atoms with E-state index < -0.39 is 15.4 Å². The van der Waals surface area contributed by atoms with Gasteiger partial charge >= 0.3 is 0 Å². The van der Waals surface area contributed by atoms with Crippen LogP contribution in [0.15, 0.2) is 62.9 Å². The van der Waals surface area contributed by atoms with Gasteiger partial charge in [0, 0.05) is 23.1 Å². The molecule has 4 rings (SSSR count). The summed E-state index contributed by atoms with van der Waals surface area (Å²) in [5.74, 6) is 0.460. The maximum atomic E-state index is 12.9. The van der Waals surface area contributed by atoms with Crippen molar-refractivity contribution in [3.05, 3.63) is 58.6 Å². The molecule has 1 amide bonds. The van der Waals surface area contributed by atoms with E-state index in [9.17, 15) is 13.2 Å². The van der Waals surface area contributed by atoms with Crippen LogP contribution in [0.25, 0.3) is 0 Å². The Balaban J connectivity index is 1.44. The number of amides is 1. The van der Waals surface area contributed by atoms with Crippen LogP contribution < -0.4 is 10.0 Å². The largest absolute Gasteiger partial charge is 0.325 e. The molecule has 158 valence electrons. The molecule has 0 aromatic heterocycles. The summed E-state index contributed by atoms with van der Waals surface area (Å²) in [6, 6.07) is 14.1. The Morgan fingerprint density at radius 2 is 1.67 bits per heavy atom. The minimum atomic E-state index is -3.68. The van der Waals surface area contributed by atoms with Crippen LogP contribution in [0.2, 0.25) is 0 Å². The molecule has 2 aromatic rings. The van der Waals surface area contributed by atoms with E-state index in [4.69, 9.17) is 0 Å². The minimum absolute atomic E-state index is 0.0636. The highest BCUT2D eigenvalue weighted by molar-refractivity contribution is 9.10. The van der Waals surface area contributed by atoms with Crippen LogP contribution in [0.3, 0.4) is 0 Å². The molecule has 0 spiro atoms. The molecular formula is C22H24BrN3O3S. The molecule has 0 radical (unpaired) electrons. The number of amidine groups is 1. The number of rotatable bonds is 5. The van der Waals surface area contributed by atoms with E-state index in [0.717, 1.165) is 42.1 Å². The lowest BCUT2D eigenvalue weighted by Crippen LogP contribution is -2.30. The molecule has 8 heteroatoms. The van der Waals surface area contributed by atoms with Crippen LogP contribution in [-0.4, -0.2) is 26.7 Å². The van der Waals surface area contributed by atoms with Gasteiger partial charge in [0.2, 0.25) is 5.91 Å². The highest BCUT2D eigenvalue weighted by atomic mass is 79.9. The molecule has 1 heterocycles. The molecule has 1 aliphatic heterocycles. The van der Waals surface area contributed by atoms with E-state index in [1.165, 1.54) is 12.1 Å². The van der Waals surface area contributed by atoms with Gasteiger partial charge in [-0.2, -0.15) is 0 Å². The van der Waals surface area contributed by atoms with E-state index in [-0.39, 0.29) is 10.8 Å². The second kappa shape index (κ2) is 8.51. The molecule has 1 saturated carbocycles. The summed E-state index contributed by atoms with van der Waals surface area (Å²) in [4.78, 5) is 17.4. The number of sulfonamides is 1. The van der Waals surface area contributed by atoms with Gasteiger partial charge in [-0.15, -0.1) is 0 Å². The maximum absolute atomic E-state index is 12.9. The third-order valence-electron chi connectivity index (χ3n) is 5.63. The molecule has 1 aliphatic carbocycles. The van der Waals surface area contributed by atoms with Crippen LogP contribution >= 0.6 is 15.9 Å². The number of hydrogen-bond acceptors (Lipinski definition) is 4. The van der Waals surface area contributed by atoms with Crippen molar-refractivity contribution >= 4 is 43.4 Å². The smallest absolute Gasteiger partial charge is 0.262 e. The Bertz CT molecular complexity index is 1060. The molecule has 0 atom stereocenters. The van der Waals surface area contributed by atoms with Crippen molar-refractivity contribution in [3.63, 3.8) is 0 Å². The van der Waals surface area contributed by atoms with Gasteiger partial charge in [0.05, 0.1) is 10.3 Å². The topological polar surface area (TPSA) is 87.6 Å². The average molecular weight is 490 g/mol. The molecule has 0 unspecified atom stereocenters. The van der Waals surface area contributed by atoms with E-state index >= 15 is 0 Å². The molecular weight excluding hydrogens is 466 g/mol. The van der Waals surface area contributed by atoms with E-state index in [1.54, 1.807) is 12.1 Å². The highest BCUT2D eigenvalue weighted by Crippen LogP contribution is 2.49. The SMILES string of the molecule is O=C(Nc1ccc(S(=O)(=O)NC2=NCCCCC2)cc1)C1(c2ccc(Br)cc2)CC1. The molecule has 6 nitrogen and oxygen atoms in total. The first-order valence-electron chi connectivity index (χ1n) is 10.1. The molecule has 1 fully saturated rings. The van der Waals surface area contributed by atoms with Crippen molar-refractivity contribution < 1.29 is 13.2 Å². The number of carbonyl (C=O) groups excluding carboxylic acids is 1. The van der Waals surface area contributed by atoms with Crippen molar-refractivity contribution in [2.75, 3.05) is 11.9 Å². The van der Waals surface area contributed by atoms with Gasteiger partial charge in [0.1, 0.15) is 5.84 Å².